The van der Waals surface area contributed by atoms with Crippen molar-refractivity contribution < 1.29 is 0 Å². The van der Waals surface area contributed by atoms with E-state index in [4.69, 9.17) is 0 Å². The van der Waals surface area contributed by atoms with E-state index in [2.05, 4.69) is 10.1 Å². The van der Waals surface area contributed by atoms with E-state index in [-0.39, 0.29) is 10.9 Å². The minimum absolute atomic E-state index is 0.0400. The van der Waals surface area contributed by atoms with Gasteiger partial charge in [0.1, 0.15) is 12.7 Å². The van der Waals surface area contributed by atoms with Gasteiger partial charge in [-0.25, -0.2) is 9.50 Å². The van der Waals surface area contributed by atoms with E-state index in [0.29, 0.717) is 5.52 Å². The predicted molar refractivity (Wildman–Crippen MR) is 60.2 cm³/mol. The Labute approximate surface area is 91.1 Å². The lowest BCUT2D eigenvalue weighted by atomic mass is 10.4. The average Bonchev–Trinajstić information content (AvgIpc) is 2.61. The summed E-state index contributed by atoms with van der Waals surface area (Å²) in [6.07, 6.45) is 5.07. The summed E-state index contributed by atoms with van der Waals surface area (Å²) in [5, 5.41) is 4.22. The van der Waals surface area contributed by atoms with E-state index < -0.39 is 0 Å². The van der Waals surface area contributed by atoms with Gasteiger partial charge in [-0.05, 0) is 20.1 Å². The number of nitrogens with zero attached hydrogens (tertiary/aromatic N) is 4. The molecule has 0 N–H and O–H groups in total. The highest BCUT2D eigenvalue weighted by atomic mass is 32.2. The molecule has 0 saturated heterocycles. The van der Waals surface area contributed by atoms with Gasteiger partial charge in [0.05, 0.1) is 11.1 Å². The lowest BCUT2D eigenvalue weighted by Gasteiger charge is -2.11. The Bertz CT molecular complexity index is 545. The lowest BCUT2D eigenvalue weighted by Crippen LogP contribution is -2.24. The van der Waals surface area contributed by atoms with Crippen LogP contribution in [0.15, 0.2) is 17.4 Å². The molecule has 0 aliphatic rings. The van der Waals surface area contributed by atoms with Gasteiger partial charge < -0.3 is 0 Å². The van der Waals surface area contributed by atoms with Crippen LogP contribution in [0.5, 0.6) is 0 Å². The number of rotatable bonds is 2. The van der Waals surface area contributed by atoms with Crippen molar-refractivity contribution in [3.05, 3.63) is 28.7 Å². The smallest absolute Gasteiger partial charge is 0.280 e. The van der Waals surface area contributed by atoms with Gasteiger partial charge in [-0.2, -0.15) is 5.10 Å². The van der Waals surface area contributed by atoms with Crippen molar-refractivity contribution in [1.29, 1.82) is 0 Å². The van der Waals surface area contributed by atoms with Gasteiger partial charge in [0.2, 0.25) is 0 Å². The number of thioether (sulfide) groups is 1. The summed E-state index contributed by atoms with van der Waals surface area (Å²) in [4.78, 5) is 16.1. The molecule has 1 unspecified atom stereocenters. The minimum atomic E-state index is -0.0400. The van der Waals surface area contributed by atoms with Crippen molar-refractivity contribution in [2.45, 2.75) is 19.2 Å². The molecule has 0 amide bonds. The lowest BCUT2D eigenvalue weighted by molar-refractivity contribution is 0.665. The molecule has 2 aromatic rings. The van der Waals surface area contributed by atoms with Crippen molar-refractivity contribution in [1.82, 2.24) is 19.2 Å². The number of fused-ring (bicyclic) bond motifs is 1. The largest absolute Gasteiger partial charge is 0.284 e. The molecule has 0 bridgehead atoms. The molecule has 0 spiro atoms. The summed E-state index contributed by atoms with van der Waals surface area (Å²) in [7, 11) is 0. The molecule has 0 aromatic carbocycles. The summed E-state index contributed by atoms with van der Waals surface area (Å²) in [6, 6.07) is 0. The van der Waals surface area contributed by atoms with Crippen molar-refractivity contribution >= 4 is 17.3 Å². The second kappa shape index (κ2) is 3.69. The quantitative estimate of drug-likeness (QED) is 0.766. The molecule has 1 atom stereocenters. The third-order valence-corrected chi connectivity index (χ3v) is 3.31. The fourth-order valence-electron chi connectivity index (χ4n) is 1.42. The first kappa shape index (κ1) is 10.2. The molecule has 2 heterocycles. The van der Waals surface area contributed by atoms with Gasteiger partial charge in [0, 0.05) is 0 Å². The maximum atomic E-state index is 12.1. The molecule has 80 valence electrons. The molecule has 0 aliphatic carbocycles. The van der Waals surface area contributed by atoms with Crippen LogP contribution in [0, 0.1) is 6.92 Å². The topological polar surface area (TPSA) is 52.2 Å². The number of hydrogen-bond acceptors (Lipinski definition) is 4. The fraction of sp³-hybridized carbons (Fsp3) is 0.444. The number of aryl methyl sites for hydroxylation is 1. The minimum Gasteiger partial charge on any atom is -0.284 e. The van der Waals surface area contributed by atoms with Gasteiger partial charge in [-0.15, -0.1) is 11.8 Å². The number of hydrogen-bond donors (Lipinski definition) is 0. The van der Waals surface area contributed by atoms with Gasteiger partial charge in [0.15, 0.2) is 5.52 Å². The van der Waals surface area contributed by atoms with E-state index in [1.165, 1.54) is 4.52 Å². The Morgan fingerprint density at radius 3 is 2.87 bits per heavy atom. The van der Waals surface area contributed by atoms with Crippen molar-refractivity contribution in [2.75, 3.05) is 6.26 Å². The number of imidazole rings is 1. The van der Waals surface area contributed by atoms with Crippen molar-refractivity contribution in [3.63, 3.8) is 0 Å². The summed E-state index contributed by atoms with van der Waals surface area (Å²) < 4.78 is 3.13. The van der Waals surface area contributed by atoms with E-state index in [0.717, 1.165) is 5.69 Å². The first-order chi connectivity index (χ1) is 7.15. The van der Waals surface area contributed by atoms with E-state index in [1.54, 1.807) is 29.0 Å². The van der Waals surface area contributed by atoms with E-state index in [9.17, 15) is 4.79 Å². The third-order valence-electron chi connectivity index (χ3n) is 2.40. The fourth-order valence-corrected chi connectivity index (χ4v) is 1.80. The molecule has 15 heavy (non-hydrogen) atoms. The molecule has 2 rings (SSSR count). The van der Waals surface area contributed by atoms with Crippen molar-refractivity contribution in [3.8, 4) is 0 Å². The third kappa shape index (κ3) is 1.54. The summed E-state index contributed by atoms with van der Waals surface area (Å²) >= 11 is 1.60. The van der Waals surface area contributed by atoms with Gasteiger partial charge >= 0.3 is 0 Å². The average molecular weight is 224 g/mol. The highest BCUT2D eigenvalue weighted by Gasteiger charge is 2.11. The summed E-state index contributed by atoms with van der Waals surface area (Å²) in [6.45, 7) is 3.78. The maximum absolute atomic E-state index is 12.1. The normalized spacial score (nSPS) is 13.3. The SMILES string of the molecule is CSC(C)n1cnn2cnc(C)c2c1=O. The van der Waals surface area contributed by atoms with Crippen molar-refractivity contribution in [2.24, 2.45) is 0 Å². The molecule has 0 fully saturated rings. The highest BCUT2D eigenvalue weighted by molar-refractivity contribution is 7.98. The van der Waals surface area contributed by atoms with Crippen LogP contribution in [0.1, 0.15) is 18.0 Å². The Morgan fingerprint density at radius 2 is 2.20 bits per heavy atom. The van der Waals surface area contributed by atoms with E-state index >= 15 is 0 Å². The second-order valence-corrected chi connectivity index (χ2v) is 4.46. The summed E-state index contributed by atoms with van der Waals surface area (Å²) in [5.41, 5.74) is 1.23. The van der Waals surface area contributed by atoms with Gasteiger partial charge in [0.25, 0.3) is 5.56 Å². The monoisotopic (exact) mass is 224 g/mol. The van der Waals surface area contributed by atoms with Gasteiger partial charge in [-0.3, -0.25) is 9.36 Å². The molecule has 6 heteroatoms. The van der Waals surface area contributed by atoms with Crippen LogP contribution in [0.2, 0.25) is 0 Å². The highest BCUT2D eigenvalue weighted by Crippen LogP contribution is 2.15. The van der Waals surface area contributed by atoms with Crippen LogP contribution in [-0.4, -0.2) is 25.4 Å². The number of aromatic nitrogens is 4. The standard InChI is InChI=1S/C9H12N4OS/c1-6-8-9(14)12(7(2)15-3)5-11-13(8)4-10-6/h4-5,7H,1-3H3. The maximum Gasteiger partial charge on any atom is 0.280 e. The summed E-state index contributed by atoms with van der Waals surface area (Å²) in [5.74, 6) is 0. The zero-order chi connectivity index (χ0) is 11.0. The first-order valence-electron chi connectivity index (χ1n) is 4.59. The molecule has 0 saturated carbocycles. The Kier molecular flexibility index (Phi) is 2.52. The second-order valence-electron chi connectivity index (χ2n) is 3.30. The van der Waals surface area contributed by atoms with Crippen LogP contribution in [0.3, 0.4) is 0 Å². The van der Waals surface area contributed by atoms with Crippen LogP contribution >= 0.6 is 11.8 Å². The van der Waals surface area contributed by atoms with Crippen LogP contribution < -0.4 is 5.56 Å². The van der Waals surface area contributed by atoms with Crippen LogP contribution in [-0.2, 0) is 0 Å². The first-order valence-corrected chi connectivity index (χ1v) is 5.88. The zero-order valence-corrected chi connectivity index (χ0v) is 9.65. The molecule has 0 aliphatic heterocycles. The zero-order valence-electron chi connectivity index (χ0n) is 8.84. The molecular weight excluding hydrogens is 212 g/mol. The molecule has 5 nitrogen and oxygen atoms in total. The molecule has 0 radical (unpaired) electrons. The van der Waals surface area contributed by atoms with E-state index in [1.807, 2.05) is 20.1 Å². The van der Waals surface area contributed by atoms with Crippen LogP contribution in [0.25, 0.3) is 5.52 Å². The van der Waals surface area contributed by atoms with Gasteiger partial charge in [-0.1, -0.05) is 0 Å². The Morgan fingerprint density at radius 1 is 1.47 bits per heavy atom. The molecule has 2 aromatic heterocycles. The Balaban J connectivity index is 2.74. The molecular formula is C9H12N4OS. The Hall–Kier alpha value is -1.30. The predicted octanol–water partition coefficient (Wildman–Crippen LogP) is 1.08. The van der Waals surface area contributed by atoms with Crippen LogP contribution in [0.4, 0.5) is 0 Å².